The Balaban J connectivity index is 2.21. The number of amides is 1. The minimum absolute atomic E-state index is 0.0760. The first-order valence-corrected chi connectivity index (χ1v) is 8.12. The van der Waals surface area contributed by atoms with Crippen LogP contribution in [0.2, 0.25) is 0 Å². The third kappa shape index (κ3) is 4.18. The van der Waals surface area contributed by atoms with Crippen molar-refractivity contribution in [3.05, 3.63) is 41.7 Å². The molecule has 1 aliphatic rings. The van der Waals surface area contributed by atoms with Gasteiger partial charge in [0.25, 0.3) is 5.91 Å². The average Bonchev–Trinajstić information content (AvgIpc) is 2.55. The van der Waals surface area contributed by atoms with Crippen molar-refractivity contribution in [2.75, 3.05) is 13.1 Å². The fourth-order valence-corrected chi connectivity index (χ4v) is 3.20. The summed E-state index contributed by atoms with van der Waals surface area (Å²) < 4.78 is 0. The number of carboxylic acid groups (broad SMARTS) is 1. The van der Waals surface area contributed by atoms with E-state index in [1.807, 2.05) is 0 Å². The molecule has 5 nitrogen and oxygen atoms in total. The van der Waals surface area contributed by atoms with Gasteiger partial charge in [-0.25, -0.2) is 4.79 Å². The number of nitrogens with zero attached hydrogens (tertiary/aromatic N) is 2. The van der Waals surface area contributed by atoms with Gasteiger partial charge >= 0.3 is 5.97 Å². The molecule has 0 aromatic carbocycles. The molecule has 0 bridgehead atoms. The van der Waals surface area contributed by atoms with E-state index in [2.05, 4.69) is 11.6 Å². The summed E-state index contributed by atoms with van der Waals surface area (Å²) in [5.74, 6) is -0.709. The van der Waals surface area contributed by atoms with E-state index < -0.39 is 5.97 Å². The monoisotopic (exact) mass is 316 g/mol. The van der Waals surface area contributed by atoms with E-state index in [1.165, 1.54) is 31.7 Å². The van der Waals surface area contributed by atoms with Crippen molar-refractivity contribution < 1.29 is 14.7 Å². The molecule has 0 saturated heterocycles. The molecule has 1 fully saturated rings. The fourth-order valence-electron chi connectivity index (χ4n) is 3.20. The molecular weight excluding hydrogens is 292 g/mol. The van der Waals surface area contributed by atoms with Gasteiger partial charge in [-0.15, -0.1) is 6.58 Å². The van der Waals surface area contributed by atoms with Gasteiger partial charge in [0.05, 0.1) is 11.1 Å². The number of hydrogen-bond acceptors (Lipinski definition) is 3. The molecule has 1 aromatic heterocycles. The molecule has 0 atom stereocenters. The molecule has 1 amide bonds. The average molecular weight is 316 g/mol. The molecule has 23 heavy (non-hydrogen) atoms. The van der Waals surface area contributed by atoms with Crippen molar-refractivity contribution in [1.29, 1.82) is 0 Å². The van der Waals surface area contributed by atoms with Crippen LogP contribution in [0.4, 0.5) is 0 Å². The summed E-state index contributed by atoms with van der Waals surface area (Å²) in [6, 6.07) is 0. The number of pyridine rings is 1. The van der Waals surface area contributed by atoms with E-state index >= 15 is 0 Å². The second-order valence-corrected chi connectivity index (χ2v) is 6.17. The molecule has 5 heteroatoms. The second kappa shape index (κ2) is 7.90. The number of carbonyl (C=O) groups excluding carboxylic acids is 1. The highest BCUT2D eigenvalue weighted by Crippen LogP contribution is 2.25. The topological polar surface area (TPSA) is 70.5 Å². The zero-order valence-electron chi connectivity index (χ0n) is 13.6. The molecule has 0 unspecified atom stereocenters. The maximum absolute atomic E-state index is 12.8. The van der Waals surface area contributed by atoms with Crippen LogP contribution >= 0.6 is 0 Å². The summed E-state index contributed by atoms with van der Waals surface area (Å²) in [4.78, 5) is 29.8. The van der Waals surface area contributed by atoms with Crippen LogP contribution in [-0.4, -0.2) is 40.0 Å². The van der Waals surface area contributed by atoms with Gasteiger partial charge in [-0.2, -0.15) is 0 Å². The minimum Gasteiger partial charge on any atom is -0.478 e. The first-order chi connectivity index (χ1) is 11.0. The summed E-state index contributed by atoms with van der Waals surface area (Å²) >= 11 is 0. The summed E-state index contributed by atoms with van der Waals surface area (Å²) in [5, 5.41) is 9.19. The number of aromatic carboxylic acids is 1. The van der Waals surface area contributed by atoms with Crippen molar-refractivity contribution >= 4 is 11.9 Å². The van der Waals surface area contributed by atoms with Gasteiger partial charge in [-0.1, -0.05) is 25.3 Å². The molecular formula is C18H24N2O3. The third-order valence-electron chi connectivity index (χ3n) is 4.52. The first-order valence-electron chi connectivity index (χ1n) is 8.12. The van der Waals surface area contributed by atoms with Gasteiger partial charge < -0.3 is 10.0 Å². The van der Waals surface area contributed by atoms with Crippen LogP contribution in [0.5, 0.6) is 0 Å². The van der Waals surface area contributed by atoms with Gasteiger partial charge in [0.15, 0.2) is 0 Å². The Bertz CT molecular complexity index is 592. The lowest BCUT2D eigenvalue weighted by Crippen LogP contribution is -2.36. The lowest BCUT2D eigenvalue weighted by atomic mass is 9.88. The lowest BCUT2D eigenvalue weighted by molar-refractivity contribution is 0.0695. The number of carbonyl (C=O) groups is 2. The van der Waals surface area contributed by atoms with Gasteiger partial charge in [0.1, 0.15) is 0 Å². The second-order valence-electron chi connectivity index (χ2n) is 6.17. The molecule has 1 aromatic rings. The predicted molar refractivity (Wildman–Crippen MR) is 88.6 cm³/mol. The maximum Gasteiger partial charge on any atom is 0.337 e. The van der Waals surface area contributed by atoms with E-state index in [4.69, 9.17) is 0 Å². The molecule has 1 heterocycles. The summed E-state index contributed by atoms with van der Waals surface area (Å²) in [6.45, 7) is 6.55. The smallest absolute Gasteiger partial charge is 0.337 e. The quantitative estimate of drug-likeness (QED) is 0.818. The highest BCUT2D eigenvalue weighted by Gasteiger charge is 2.24. The largest absolute Gasteiger partial charge is 0.478 e. The van der Waals surface area contributed by atoms with Crippen LogP contribution in [0.15, 0.2) is 25.0 Å². The van der Waals surface area contributed by atoms with Gasteiger partial charge in [-0.05, 0) is 31.2 Å². The SMILES string of the molecule is C=CCN(CC1CCCCC1)C(=O)c1cncc(C(=O)O)c1C. The molecule has 2 rings (SSSR count). The van der Waals surface area contributed by atoms with Crippen molar-refractivity contribution in [1.82, 2.24) is 9.88 Å². The van der Waals surface area contributed by atoms with Crippen LogP contribution in [0.3, 0.4) is 0 Å². The highest BCUT2D eigenvalue weighted by atomic mass is 16.4. The Kier molecular flexibility index (Phi) is 5.90. The first kappa shape index (κ1) is 17.2. The summed E-state index contributed by atoms with van der Waals surface area (Å²) in [7, 11) is 0. The zero-order valence-corrected chi connectivity index (χ0v) is 13.6. The summed E-state index contributed by atoms with van der Waals surface area (Å²) in [5.41, 5.74) is 0.907. The van der Waals surface area contributed by atoms with Crippen molar-refractivity contribution in [3.8, 4) is 0 Å². The van der Waals surface area contributed by atoms with Gasteiger partial charge in [0, 0.05) is 25.5 Å². The van der Waals surface area contributed by atoms with Crippen molar-refractivity contribution in [2.24, 2.45) is 5.92 Å². The molecule has 0 radical (unpaired) electrons. The molecule has 0 aliphatic heterocycles. The number of hydrogen-bond donors (Lipinski definition) is 1. The highest BCUT2D eigenvalue weighted by molar-refractivity contribution is 5.99. The number of aromatic nitrogens is 1. The Morgan fingerprint density at radius 1 is 1.30 bits per heavy atom. The normalized spacial score (nSPS) is 15.2. The van der Waals surface area contributed by atoms with Crippen LogP contribution in [0.1, 0.15) is 58.4 Å². The van der Waals surface area contributed by atoms with Crippen LogP contribution in [-0.2, 0) is 0 Å². The predicted octanol–water partition coefficient (Wildman–Crippen LogP) is 3.30. The molecule has 124 valence electrons. The van der Waals surface area contributed by atoms with Crippen LogP contribution in [0, 0.1) is 12.8 Å². The molecule has 1 N–H and O–H groups in total. The van der Waals surface area contributed by atoms with E-state index in [0.717, 1.165) is 12.8 Å². The van der Waals surface area contributed by atoms with Gasteiger partial charge in [0.2, 0.25) is 0 Å². The van der Waals surface area contributed by atoms with Crippen LogP contribution in [0.25, 0.3) is 0 Å². The number of rotatable bonds is 6. The van der Waals surface area contributed by atoms with E-state index in [-0.39, 0.29) is 11.5 Å². The fraction of sp³-hybridized carbons (Fsp3) is 0.500. The Morgan fingerprint density at radius 3 is 2.57 bits per heavy atom. The minimum atomic E-state index is -1.06. The maximum atomic E-state index is 12.8. The van der Waals surface area contributed by atoms with Crippen molar-refractivity contribution in [2.45, 2.75) is 39.0 Å². The third-order valence-corrected chi connectivity index (χ3v) is 4.52. The molecule has 1 aliphatic carbocycles. The Hall–Kier alpha value is -2.17. The lowest BCUT2D eigenvalue weighted by Gasteiger charge is -2.29. The summed E-state index contributed by atoms with van der Waals surface area (Å²) in [6.07, 6.45) is 10.5. The standard InChI is InChI=1S/C18H24N2O3/c1-3-9-20(12-14-7-5-4-6-8-14)17(21)15-10-19-11-16(13(15)2)18(22)23/h3,10-11,14H,1,4-9,12H2,2H3,(H,22,23). The number of carboxylic acids is 1. The van der Waals surface area contributed by atoms with E-state index in [9.17, 15) is 14.7 Å². The Morgan fingerprint density at radius 2 is 1.96 bits per heavy atom. The van der Waals surface area contributed by atoms with Gasteiger partial charge in [-0.3, -0.25) is 9.78 Å². The van der Waals surface area contributed by atoms with Crippen LogP contribution < -0.4 is 0 Å². The van der Waals surface area contributed by atoms with Crippen molar-refractivity contribution in [3.63, 3.8) is 0 Å². The molecule has 0 spiro atoms. The molecule has 1 saturated carbocycles. The Labute approximate surface area is 137 Å². The van der Waals surface area contributed by atoms with E-state index in [0.29, 0.717) is 30.1 Å². The zero-order chi connectivity index (χ0) is 16.8. The van der Waals surface area contributed by atoms with E-state index in [1.54, 1.807) is 17.9 Å².